The van der Waals surface area contributed by atoms with Gasteiger partial charge in [-0.25, -0.2) is 9.97 Å². The van der Waals surface area contributed by atoms with E-state index in [0.717, 1.165) is 50.9 Å². The van der Waals surface area contributed by atoms with Crippen LogP contribution in [0.15, 0.2) is 24.7 Å². The van der Waals surface area contributed by atoms with Crippen molar-refractivity contribution in [2.24, 2.45) is 0 Å². The van der Waals surface area contributed by atoms with E-state index < -0.39 is 0 Å². The molecular formula is C15H22N6. The molecule has 1 fully saturated rings. The monoisotopic (exact) mass is 286 g/mol. The zero-order chi connectivity index (χ0) is 14.7. The van der Waals surface area contributed by atoms with Gasteiger partial charge in [0.1, 0.15) is 11.6 Å². The van der Waals surface area contributed by atoms with E-state index in [4.69, 9.17) is 0 Å². The molecule has 0 saturated carbocycles. The number of aryl methyl sites for hydroxylation is 2. The van der Waals surface area contributed by atoms with E-state index >= 15 is 0 Å². The maximum absolute atomic E-state index is 4.50. The lowest BCUT2D eigenvalue weighted by molar-refractivity contribution is 0.249. The molecule has 0 N–H and O–H groups in total. The van der Waals surface area contributed by atoms with Gasteiger partial charge in [-0.2, -0.15) is 5.10 Å². The fraction of sp³-hybridized carbons (Fsp3) is 0.533. The topological polar surface area (TPSA) is 50.1 Å². The summed E-state index contributed by atoms with van der Waals surface area (Å²) in [6, 6.07) is 1.99. The molecule has 6 heteroatoms. The van der Waals surface area contributed by atoms with Crippen molar-refractivity contribution in [3.63, 3.8) is 0 Å². The van der Waals surface area contributed by atoms with Crippen molar-refractivity contribution in [1.29, 1.82) is 0 Å². The molecule has 2 aromatic heterocycles. The minimum atomic E-state index is 0.835. The highest BCUT2D eigenvalue weighted by molar-refractivity contribution is 5.37. The second-order valence-electron chi connectivity index (χ2n) is 5.43. The van der Waals surface area contributed by atoms with Gasteiger partial charge in [-0.1, -0.05) is 0 Å². The molecule has 0 radical (unpaired) electrons. The lowest BCUT2D eigenvalue weighted by Crippen LogP contribution is -2.46. The summed E-state index contributed by atoms with van der Waals surface area (Å²) in [6.45, 7) is 10.1. The Bertz CT molecular complexity index is 585. The van der Waals surface area contributed by atoms with Crippen molar-refractivity contribution in [2.75, 3.05) is 31.1 Å². The Labute approximate surface area is 125 Å². The molecule has 3 heterocycles. The molecule has 1 saturated heterocycles. The third-order valence-electron chi connectivity index (χ3n) is 3.87. The smallest absolute Gasteiger partial charge is 0.132 e. The first-order valence-electron chi connectivity index (χ1n) is 7.53. The van der Waals surface area contributed by atoms with E-state index in [9.17, 15) is 0 Å². The predicted molar refractivity (Wildman–Crippen MR) is 82.2 cm³/mol. The summed E-state index contributed by atoms with van der Waals surface area (Å²) in [5, 5.41) is 4.34. The van der Waals surface area contributed by atoms with E-state index in [1.807, 2.05) is 30.1 Å². The first-order valence-corrected chi connectivity index (χ1v) is 7.53. The molecule has 112 valence electrons. The highest BCUT2D eigenvalue weighted by Crippen LogP contribution is 2.14. The summed E-state index contributed by atoms with van der Waals surface area (Å²) in [7, 11) is 0. The Morgan fingerprint density at radius 1 is 1.19 bits per heavy atom. The second kappa shape index (κ2) is 6.22. The fourth-order valence-electron chi connectivity index (χ4n) is 2.67. The molecule has 6 nitrogen and oxygen atoms in total. The molecule has 1 aliphatic heterocycles. The van der Waals surface area contributed by atoms with E-state index in [2.05, 4.69) is 38.0 Å². The van der Waals surface area contributed by atoms with Gasteiger partial charge in [0, 0.05) is 57.2 Å². The first kappa shape index (κ1) is 14.0. The Balaban J connectivity index is 1.55. The largest absolute Gasteiger partial charge is 0.354 e. The number of aromatic nitrogens is 4. The lowest BCUT2D eigenvalue weighted by atomic mass is 10.2. The van der Waals surface area contributed by atoms with Crippen molar-refractivity contribution in [2.45, 2.75) is 26.9 Å². The summed E-state index contributed by atoms with van der Waals surface area (Å²) < 4.78 is 1.98. The van der Waals surface area contributed by atoms with Gasteiger partial charge in [0.25, 0.3) is 0 Å². The van der Waals surface area contributed by atoms with E-state index in [0.29, 0.717) is 0 Å². The van der Waals surface area contributed by atoms with Crippen LogP contribution in [0.3, 0.4) is 0 Å². The zero-order valence-corrected chi connectivity index (χ0v) is 12.7. The molecule has 0 aliphatic carbocycles. The molecule has 0 bridgehead atoms. The molecule has 0 unspecified atom stereocenters. The molecule has 1 aliphatic rings. The fourth-order valence-corrected chi connectivity index (χ4v) is 2.67. The van der Waals surface area contributed by atoms with Crippen molar-refractivity contribution in [1.82, 2.24) is 24.6 Å². The minimum Gasteiger partial charge on any atom is -0.354 e. The number of nitrogens with zero attached hydrogens (tertiary/aromatic N) is 6. The van der Waals surface area contributed by atoms with E-state index in [1.165, 1.54) is 5.56 Å². The minimum absolute atomic E-state index is 0.835. The van der Waals surface area contributed by atoms with Crippen LogP contribution in [0.4, 0.5) is 5.82 Å². The van der Waals surface area contributed by atoms with Gasteiger partial charge in [-0.3, -0.25) is 9.58 Å². The summed E-state index contributed by atoms with van der Waals surface area (Å²) in [5.41, 5.74) is 1.29. The van der Waals surface area contributed by atoms with Crippen LogP contribution in [0.25, 0.3) is 0 Å². The second-order valence-corrected chi connectivity index (χ2v) is 5.43. The molecule has 0 amide bonds. The SMILES string of the molecule is CCn1cc(CN2CCN(c3ccnc(C)n3)CC2)cn1. The van der Waals surface area contributed by atoms with Gasteiger partial charge in [0.2, 0.25) is 0 Å². The van der Waals surface area contributed by atoms with Crippen LogP contribution in [-0.2, 0) is 13.1 Å². The third-order valence-corrected chi connectivity index (χ3v) is 3.87. The maximum atomic E-state index is 4.50. The van der Waals surface area contributed by atoms with Gasteiger partial charge in [-0.15, -0.1) is 0 Å². The Kier molecular flexibility index (Phi) is 4.15. The highest BCUT2D eigenvalue weighted by atomic mass is 15.3. The molecule has 2 aromatic rings. The first-order chi connectivity index (χ1) is 10.2. The number of piperazine rings is 1. The predicted octanol–water partition coefficient (Wildman–Crippen LogP) is 1.32. The average Bonchev–Trinajstić information content (AvgIpc) is 2.96. The van der Waals surface area contributed by atoms with Gasteiger partial charge < -0.3 is 4.90 Å². The zero-order valence-electron chi connectivity index (χ0n) is 12.7. The summed E-state index contributed by atoms with van der Waals surface area (Å²) >= 11 is 0. The normalized spacial score (nSPS) is 16.4. The highest BCUT2D eigenvalue weighted by Gasteiger charge is 2.18. The Morgan fingerprint density at radius 2 is 2.00 bits per heavy atom. The lowest BCUT2D eigenvalue weighted by Gasteiger charge is -2.35. The van der Waals surface area contributed by atoms with Crippen LogP contribution in [0.2, 0.25) is 0 Å². The number of anilines is 1. The quantitative estimate of drug-likeness (QED) is 0.848. The molecular weight excluding hydrogens is 264 g/mol. The van der Waals surface area contributed by atoms with Crippen LogP contribution >= 0.6 is 0 Å². The van der Waals surface area contributed by atoms with Crippen LogP contribution in [0.5, 0.6) is 0 Å². The van der Waals surface area contributed by atoms with Crippen LogP contribution in [-0.4, -0.2) is 50.8 Å². The van der Waals surface area contributed by atoms with Crippen molar-refractivity contribution >= 4 is 5.82 Å². The number of rotatable bonds is 4. The average molecular weight is 286 g/mol. The molecule has 21 heavy (non-hydrogen) atoms. The van der Waals surface area contributed by atoms with E-state index in [-0.39, 0.29) is 0 Å². The summed E-state index contributed by atoms with van der Waals surface area (Å²) in [5.74, 6) is 1.88. The van der Waals surface area contributed by atoms with Crippen LogP contribution in [0.1, 0.15) is 18.3 Å². The van der Waals surface area contributed by atoms with Gasteiger partial charge in [0.05, 0.1) is 6.20 Å². The number of hydrogen-bond acceptors (Lipinski definition) is 5. The van der Waals surface area contributed by atoms with Crippen molar-refractivity contribution < 1.29 is 0 Å². The van der Waals surface area contributed by atoms with Crippen molar-refractivity contribution in [3.05, 3.63) is 36.0 Å². The number of hydrogen-bond donors (Lipinski definition) is 0. The molecule has 3 rings (SSSR count). The van der Waals surface area contributed by atoms with Crippen LogP contribution in [0, 0.1) is 6.92 Å². The Morgan fingerprint density at radius 3 is 2.67 bits per heavy atom. The van der Waals surface area contributed by atoms with Gasteiger partial charge in [0.15, 0.2) is 0 Å². The van der Waals surface area contributed by atoms with Gasteiger partial charge >= 0.3 is 0 Å². The molecule has 0 atom stereocenters. The molecule has 0 aromatic carbocycles. The summed E-state index contributed by atoms with van der Waals surface area (Å²) in [4.78, 5) is 13.5. The molecule has 0 spiro atoms. The van der Waals surface area contributed by atoms with Gasteiger partial charge in [-0.05, 0) is 19.9 Å². The Hall–Kier alpha value is -1.95. The standard InChI is InChI=1S/C15H22N6/c1-3-21-12-14(10-17-21)11-19-6-8-20(9-7-19)15-4-5-16-13(2)18-15/h4-5,10,12H,3,6-9,11H2,1-2H3. The van der Waals surface area contributed by atoms with Crippen LogP contribution < -0.4 is 4.90 Å². The maximum Gasteiger partial charge on any atom is 0.132 e. The van der Waals surface area contributed by atoms with Crippen molar-refractivity contribution in [3.8, 4) is 0 Å². The third kappa shape index (κ3) is 3.39. The summed E-state index contributed by atoms with van der Waals surface area (Å²) in [6.07, 6.45) is 5.95. The van der Waals surface area contributed by atoms with E-state index in [1.54, 1.807) is 0 Å².